The first-order valence-corrected chi connectivity index (χ1v) is 6.01. The minimum Gasteiger partial charge on any atom is -0.493 e. The molecular formula is C13H14FNO5. The van der Waals surface area contributed by atoms with E-state index in [1.165, 1.54) is 19.2 Å². The van der Waals surface area contributed by atoms with Gasteiger partial charge in [0.05, 0.1) is 13.0 Å². The molecule has 0 saturated carbocycles. The van der Waals surface area contributed by atoms with E-state index in [1.54, 1.807) is 0 Å². The molecule has 0 amide bonds. The maximum Gasteiger partial charge on any atom is 0.339 e. The molecular weight excluding hydrogens is 269 g/mol. The van der Waals surface area contributed by atoms with Gasteiger partial charge in [0.1, 0.15) is 5.56 Å². The molecule has 6 nitrogen and oxygen atoms in total. The van der Waals surface area contributed by atoms with Crippen molar-refractivity contribution in [1.82, 2.24) is 5.32 Å². The average Bonchev–Trinajstić information content (AvgIpc) is 2.87. The minimum atomic E-state index is -1.30. The number of methoxy groups -OCH3 is 1. The van der Waals surface area contributed by atoms with Gasteiger partial charge in [-0.15, -0.1) is 0 Å². The van der Waals surface area contributed by atoms with Crippen LogP contribution in [0.4, 0.5) is 4.39 Å². The lowest BCUT2D eigenvalue weighted by molar-refractivity contribution is -0.141. The first-order valence-electron chi connectivity index (χ1n) is 6.01. The highest BCUT2D eigenvalue weighted by Crippen LogP contribution is 2.32. The molecule has 1 aliphatic rings. The summed E-state index contributed by atoms with van der Waals surface area (Å²) in [7, 11) is 1.19. The first kappa shape index (κ1) is 14.3. The van der Waals surface area contributed by atoms with Crippen molar-refractivity contribution in [2.24, 2.45) is 5.92 Å². The van der Waals surface area contributed by atoms with Crippen molar-refractivity contribution in [2.45, 2.75) is 12.5 Å². The lowest BCUT2D eigenvalue weighted by Crippen LogP contribution is -2.17. The van der Waals surface area contributed by atoms with Crippen LogP contribution in [0.5, 0.6) is 5.75 Å². The van der Waals surface area contributed by atoms with Gasteiger partial charge < -0.3 is 20.3 Å². The normalized spacial score (nSPS) is 21.7. The SMILES string of the molecule is COc1c(F)cc(C2CC(C(=O)O)CN2)cc1C(=O)O. The maximum absolute atomic E-state index is 13.8. The number of hydrogen-bond donors (Lipinski definition) is 3. The summed E-state index contributed by atoms with van der Waals surface area (Å²) < 4.78 is 18.6. The summed E-state index contributed by atoms with van der Waals surface area (Å²) in [5.74, 6) is -3.88. The van der Waals surface area contributed by atoms with Crippen LogP contribution in [0.1, 0.15) is 28.4 Å². The van der Waals surface area contributed by atoms with Crippen LogP contribution in [0.25, 0.3) is 0 Å². The number of carboxylic acids is 2. The smallest absolute Gasteiger partial charge is 0.339 e. The lowest BCUT2D eigenvalue weighted by atomic mass is 9.98. The summed E-state index contributed by atoms with van der Waals surface area (Å²) in [6.45, 7) is 0.274. The Bertz CT molecular complexity index is 560. The van der Waals surface area contributed by atoms with Crippen molar-refractivity contribution in [3.8, 4) is 5.75 Å². The standard InChI is InChI=1S/C13H14FNO5/c1-20-11-8(13(18)19)2-6(3-9(11)14)10-4-7(5-15-10)12(16)17/h2-3,7,10,15H,4-5H2,1H3,(H,16,17)(H,18,19). The number of nitrogens with one attached hydrogen (secondary N) is 1. The molecule has 108 valence electrons. The molecule has 1 aromatic rings. The van der Waals surface area contributed by atoms with Crippen molar-refractivity contribution in [2.75, 3.05) is 13.7 Å². The highest BCUT2D eigenvalue weighted by Gasteiger charge is 2.31. The molecule has 0 radical (unpaired) electrons. The van der Waals surface area contributed by atoms with Crippen molar-refractivity contribution >= 4 is 11.9 Å². The van der Waals surface area contributed by atoms with Gasteiger partial charge in [0.15, 0.2) is 11.6 Å². The zero-order chi connectivity index (χ0) is 14.9. The van der Waals surface area contributed by atoms with Gasteiger partial charge in [-0.05, 0) is 24.1 Å². The monoisotopic (exact) mass is 283 g/mol. The van der Waals surface area contributed by atoms with Gasteiger partial charge in [-0.25, -0.2) is 9.18 Å². The number of aromatic carboxylic acids is 1. The number of aliphatic carboxylic acids is 1. The molecule has 20 heavy (non-hydrogen) atoms. The molecule has 2 rings (SSSR count). The Kier molecular flexibility index (Phi) is 3.89. The van der Waals surface area contributed by atoms with Crippen LogP contribution >= 0.6 is 0 Å². The summed E-state index contributed by atoms with van der Waals surface area (Å²) in [6.07, 6.45) is 0.292. The van der Waals surface area contributed by atoms with E-state index in [2.05, 4.69) is 5.32 Å². The molecule has 1 heterocycles. The number of halogens is 1. The van der Waals surface area contributed by atoms with Crippen molar-refractivity contribution < 1.29 is 28.9 Å². The molecule has 3 N–H and O–H groups in total. The highest BCUT2D eigenvalue weighted by molar-refractivity contribution is 5.91. The molecule has 0 aliphatic carbocycles. The second-order valence-corrected chi connectivity index (χ2v) is 4.62. The summed E-state index contributed by atoms with van der Waals surface area (Å²) in [5, 5.41) is 21.0. The van der Waals surface area contributed by atoms with E-state index < -0.39 is 23.7 Å². The third kappa shape index (κ3) is 2.57. The fourth-order valence-electron chi connectivity index (χ4n) is 2.36. The number of carboxylic acid groups (broad SMARTS) is 2. The zero-order valence-electron chi connectivity index (χ0n) is 10.7. The van der Waals surface area contributed by atoms with E-state index in [0.717, 1.165) is 0 Å². The predicted octanol–water partition coefficient (Wildman–Crippen LogP) is 1.27. The largest absolute Gasteiger partial charge is 0.493 e. The third-order valence-electron chi connectivity index (χ3n) is 3.38. The third-order valence-corrected chi connectivity index (χ3v) is 3.38. The fourth-order valence-corrected chi connectivity index (χ4v) is 2.36. The molecule has 1 fully saturated rings. The summed E-state index contributed by atoms with van der Waals surface area (Å²) in [4.78, 5) is 22.0. The van der Waals surface area contributed by atoms with E-state index in [4.69, 9.17) is 14.9 Å². The Morgan fingerprint density at radius 2 is 2.10 bits per heavy atom. The summed E-state index contributed by atoms with van der Waals surface area (Å²) >= 11 is 0. The van der Waals surface area contributed by atoms with Gasteiger partial charge >= 0.3 is 11.9 Å². The van der Waals surface area contributed by atoms with Crippen LogP contribution in [0.3, 0.4) is 0 Å². The number of carbonyl (C=O) groups is 2. The first-order chi connectivity index (χ1) is 9.43. The Labute approximate surface area is 114 Å². The second kappa shape index (κ2) is 5.46. The average molecular weight is 283 g/mol. The second-order valence-electron chi connectivity index (χ2n) is 4.62. The highest BCUT2D eigenvalue weighted by atomic mass is 19.1. The molecule has 1 saturated heterocycles. The maximum atomic E-state index is 13.8. The van der Waals surface area contributed by atoms with Gasteiger partial charge in [0.2, 0.25) is 0 Å². The van der Waals surface area contributed by atoms with Gasteiger partial charge in [-0.3, -0.25) is 4.79 Å². The van der Waals surface area contributed by atoms with Crippen molar-refractivity contribution in [3.05, 3.63) is 29.1 Å². The van der Waals surface area contributed by atoms with E-state index in [-0.39, 0.29) is 23.9 Å². The number of benzene rings is 1. The van der Waals surface area contributed by atoms with E-state index >= 15 is 0 Å². The van der Waals surface area contributed by atoms with Crippen LogP contribution in [-0.4, -0.2) is 35.8 Å². The molecule has 1 aliphatic heterocycles. The molecule has 1 aromatic carbocycles. The fraction of sp³-hybridized carbons (Fsp3) is 0.385. The van der Waals surface area contributed by atoms with Crippen LogP contribution in [-0.2, 0) is 4.79 Å². The molecule has 2 atom stereocenters. The van der Waals surface area contributed by atoms with Crippen LogP contribution < -0.4 is 10.1 Å². The number of rotatable bonds is 4. The molecule has 7 heteroatoms. The van der Waals surface area contributed by atoms with Gasteiger partial charge in [0, 0.05) is 12.6 Å². The van der Waals surface area contributed by atoms with Gasteiger partial charge in [-0.1, -0.05) is 0 Å². The molecule has 2 unspecified atom stereocenters. The number of hydrogen-bond acceptors (Lipinski definition) is 4. The lowest BCUT2D eigenvalue weighted by Gasteiger charge is -2.14. The summed E-state index contributed by atoms with van der Waals surface area (Å²) in [6, 6.07) is 2.11. The number of ether oxygens (including phenoxy) is 1. The van der Waals surface area contributed by atoms with Gasteiger partial charge in [0.25, 0.3) is 0 Å². The Balaban J connectivity index is 2.34. The topological polar surface area (TPSA) is 95.9 Å². The van der Waals surface area contributed by atoms with Crippen LogP contribution in [0.2, 0.25) is 0 Å². The van der Waals surface area contributed by atoms with Crippen LogP contribution in [0, 0.1) is 11.7 Å². The van der Waals surface area contributed by atoms with Gasteiger partial charge in [-0.2, -0.15) is 0 Å². The minimum absolute atomic E-state index is 0.274. The van der Waals surface area contributed by atoms with E-state index in [9.17, 15) is 14.0 Å². The Morgan fingerprint density at radius 1 is 1.40 bits per heavy atom. The van der Waals surface area contributed by atoms with E-state index in [1.807, 2.05) is 0 Å². The quantitative estimate of drug-likeness (QED) is 0.770. The summed E-state index contributed by atoms with van der Waals surface area (Å²) in [5.41, 5.74) is 0.132. The van der Waals surface area contributed by atoms with Crippen molar-refractivity contribution in [1.29, 1.82) is 0 Å². The molecule has 0 aromatic heterocycles. The molecule has 0 bridgehead atoms. The Hall–Kier alpha value is -2.15. The zero-order valence-corrected chi connectivity index (χ0v) is 10.7. The van der Waals surface area contributed by atoms with Crippen LogP contribution in [0.15, 0.2) is 12.1 Å². The predicted molar refractivity (Wildman–Crippen MR) is 66.4 cm³/mol. The van der Waals surface area contributed by atoms with Crippen molar-refractivity contribution in [3.63, 3.8) is 0 Å². The van der Waals surface area contributed by atoms with E-state index in [0.29, 0.717) is 12.0 Å². The molecule has 0 spiro atoms. The Morgan fingerprint density at radius 3 is 2.60 bits per heavy atom.